The molecule has 2 aromatic carbocycles. The second-order valence-corrected chi connectivity index (χ2v) is 5.41. The molecule has 2 rings (SSSR count). The molecule has 0 saturated carbocycles. The zero-order chi connectivity index (χ0) is 16.8. The van der Waals surface area contributed by atoms with E-state index in [0.29, 0.717) is 28.5 Å². The first-order chi connectivity index (χ1) is 11.0. The van der Waals surface area contributed by atoms with E-state index in [-0.39, 0.29) is 11.9 Å². The van der Waals surface area contributed by atoms with Gasteiger partial charge in [0.05, 0.1) is 0 Å². The zero-order valence-corrected chi connectivity index (χ0v) is 13.7. The standard InChI is InChI=1S/C17H18ClN3O2/c1-3-16(22)20-14-8-5-9-15(11(14)2)21-17(23)19-13-7-4-6-12(18)10-13/h4-10H,3H2,1-2H3,(H,20,22)(H2,19,21,23). The normalized spacial score (nSPS) is 10.0. The molecule has 0 aromatic heterocycles. The molecule has 0 radical (unpaired) electrons. The number of urea groups is 1. The number of halogens is 1. The number of hydrogen-bond acceptors (Lipinski definition) is 2. The second kappa shape index (κ2) is 7.65. The molecule has 5 nitrogen and oxygen atoms in total. The molecule has 2 aromatic rings. The number of carbonyl (C=O) groups excluding carboxylic acids is 2. The van der Waals surface area contributed by atoms with Crippen molar-refractivity contribution in [3.63, 3.8) is 0 Å². The molecule has 0 saturated heterocycles. The Labute approximate surface area is 140 Å². The summed E-state index contributed by atoms with van der Waals surface area (Å²) in [5.74, 6) is -0.0753. The lowest BCUT2D eigenvalue weighted by atomic mass is 10.1. The molecule has 3 N–H and O–H groups in total. The summed E-state index contributed by atoms with van der Waals surface area (Å²) in [4.78, 5) is 23.6. The molecule has 0 heterocycles. The molecular weight excluding hydrogens is 314 g/mol. The van der Waals surface area contributed by atoms with Gasteiger partial charge < -0.3 is 16.0 Å². The van der Waals surface area contributed by atoms with Crippen molar-refractivity contribution >= 4 is 40.6 Å². The van der Waals surface area contributed by atoms with Gasteiger partial charge in [0.1, 0.15) is 0 Å². The molecule has 3 amide bonds. The number of amides is 3. The van der Waals surface area contributed by atoms with Crippen molar-refractivity contribution in [3.05, 3.63) is 53.1 Å². The van der Waals surface area contributed by atoms with Gasteiger partial charge in [-0.2, -0.15) is 0 Å². The van der Waals surface area contributed by atoms with Crippen LogP contribution in [0, 0.1) is 6.92 Å². The van der Waals surface area contributed by atoms with Crippen LogP contribution in [0.5, 0.6) is 0 Å². The molecule has 0 fully saturated rings. The molecule has 0 bridgehead atoms. The number of nitrogens with one attached hydrogen (secondary N) is 3. The van der Waals surface area contributed by atoms with Gasteiger partial charge in [-0.25, -0.2) is 4.79 Å². The minimum atomic E-state index is -0.380. The topological polar surface area (TPSA) is 70.2 Å². The number of rotatable bonds is 4. The highest BCUT2D eigenvalue weighted by atomic mass is 35.5. The second-order valence-electron chi connectivity index (χ2n) is 4.97. The highest BCUT2D eigenvalue weighted by Crippen LogP contribution is 2.24. The Bertz CT molecular complexity index is 732. The molecule has 0 aliphatic rings. The van der Waals surface area contributed by atoms with E-state index in [4.69, 9.17) is 11.6 Å². The van der Waals surface area contributed by atoms with Crippen molar-refractivity contribution in [1.82, 2.24) is 0 Å². The first-order valence-corrected chi connectivity index (χ1v) is 7.60. The largest absolute Gasteiger partial charge is 0.326 e. The van der Waals surface area contributed by atoms with Crippen LogP contribution < -0.4 is 16.0 Å². The number of anilines is 3. The SMILES string of the molecule is CCC(=O)Nc1cccc(NC(=O)Nc2cccc(Cl)c2)c1C. The Morgan fingerprint density at radius 2 is 1.65 bits per heavy atom. The van der Waals surface area contributed by atoms with Gasteiger partial charge in [-0.3, -0.25) is 4.79 Å². The average Bonchev–Trinajstić information content (AvgIpc) is 2.51. The molecule has 0 unspecified atom stereocenters. The van der Waals surface area contributed by atoms with E-state index in [2.05, 4.69) is 16.0 Å². The Morgan fingerprint density at radius 3 is 2.30 bits per heavy atom. The minimum absolute atomic E-state index is 0.0753. The summed E-state index contributed by atoms with van der Waals surface area (Å²) in [6.07, 6.45) is 0.395. The predicted molar refractivity (Wildman–Crippen MR) is 94.2 cm³/mol. The van der Waals surface area contributed by atoms with E-state index >= 15 is 0 Å². The highest BCUT2D eigenvalue weighted by Gasteiger charge is 2.09. The first kappa shape index (κ1) is 16.8. The van der Waals surface area contributed by atoms with E-state index in [0.717, 1.165) is 5.56 Å². The van der Waals surface area contributed by atoms with Crippen LogP contribution in [0.25, 0.3) is 0 Å². The van der Waals surface area contributed by atoms with Gasteiger partial charge in [0.25, 0.3) is 0 Å². The third-order valence-electron chi connectivity index (χ3n) is 3.26. The molecule has 0 spiro atoms. The van der Waals surface area contributed by atoms with Gasteiger partial charge >= 0.3 is 6.03 Å². The first-order valence-electron chi connectivity index (χ1n) is 7.22. The van der Waals surface area contributed by atoms with Crippen molar-refractivity contribution in [2.75, 3.05) is 16.0 Å². The van der Waals surface area contributed by atoms with Crippen LogP contribution in [0.1, 0.15) is 18.9 Å². The Balaban J connectivity index is 2.09. The summed E-state index contributed by atoms with van der Waals surface area (Å²) in [6, 6.07) is 11.8. The lowest BCUT2D eigenvalue weighted by molar-refractivity contribution is -0.115. The average molecular weight is 332 g/mol. The van der Waals surface area contributed by atoms with Crippen molar-refractivity contribution < 1.29 is 9.59 Å². The molecule has 23 heavy (non-hydrogen) atoms. The Kier molecular flexibility index (Phi) is 5.60. The summed E-state index contributed by atoms with van der Waals surface area (Å²) >= 11 is 5.88. The summed E-state index contributed by atoms with van der Waals surface area (Å²) in [6.45, 7) is 3.62. The lowest BCUT2D eigenvalue weighted by Crippen LogP contribution is -2.20. The molecule has 0 aliphatic heterocycles. The van der Waals surface area contributed by atoms with Crippen LogP contribution in [-0.2, 0) is 4.79 Å². The maximum Gasteiger partial charge on any atom is 0.323 e. The summed E-state index contributed by atoms with van der Waals surface area (Å²) in [5.41, 5.74) is 2.69. The molecule has 6 heteroatoms. The fourth-order valence-electron chi connectivity index (χ4n) is 2.00. The fourth-order valence-corrected chi connectivity index (χ4v) is 2.19. The van der Waals surface area contributed by atoms with Gasteiger partial charge in [-0.05, 0) is 42.8 Å². The van der Waals surface area contributed by atoms with Crippen LogP contribution in [0.4, 0.5) is 21.9 Å². The van der Waals surface area contributed by atoms with Crippen molar-refractivity contribution in [2.24, 2.45) is 0 Å². The van der Waals surface area contributed by atoms with Gasteiger partial charge in [-0.1, -0.05) is 30.7 Å². The Hall–Kier alpha value is -2.53. The van der Waals surface area contributed by atoms with Crippen LogP contribution >= 0.6 is 11.6 Å². The highest BCUT2D eigenvalue weighted by molar-refractivity contribution is 6.30. The van der Waals surface area contributed by atoms with Gasteiger partial charge in [0, 0.05) is 28.5 Å². The van der Waals surface area contributed by atoms with Crippen LogP contribution in [0.3, 0.4) is 0 Å². The maximum absolute atomic E-state index is 12.1. The van der Waals surface area contributed by atoms with Gasteiger partial charge in [0.2, 0.25) is 5.91 Å². The molecular formula is C17H18ClN3O2. The van der Waals surface area contributed by atoms with Crippen molar-refractivity contribution in [3.8, 4) is 0 Å². The molecule has 0 aliphatic carbocycles. The third kappa shape index (κ3) is 4.72. The van der Waals surface area contributed by atoms with Gasteiger partial charge in [-0.15, -0.1) is 0 Å². The number of benzene rings is 2. The van der Waals surface area contributed by atoms with E-state index in [9.17, 15) is 9.59 Å². The lowest BCUT2D eigenvalue weighted by Gasteiger charge is -2.14. The monoisotopic (exact) mass is 331 g/mol. The molecule has 120 valence electrons. The van der Waals surface area contributed by atoms with E-state index in [1.54, 1.807) is 49.4 Å². The third-order valence-corrected chi connectivity index (χ3v) is 3.49. The summed E-state index contributed by atoms with van der Waals surface area (Å²) < 4.78 is 0. The number of carbonyl (C=O) groups is 2. The van der Waals surface area contributed by atoms with Crippen molar-refractivity contribution in [1.29, 1.82) is 0 Å². The zero-order valence-electron chi connectivity index (χ0n) is 12.9. The smallest absolute Gasteiger partial charge is 0.323 e. The van der Waals surface area contributed by atoms with Gasteiger partial charge in [0.15, 0.2) is 0 Å². The Morgan fingerprint density at radius 1 is 1.00 bits per heavy atom. The van der Waals surface area contributed by atoms with Crippen LogP contribution in [0.2, 0.25) is 5.02 Å². The van der Waals surface area contributed by atoms with E-state index in [1.807, 2.05) is 6.92 Å². The predicted octanol–water partition coefficient (Wildman–Crippen LogP) is 4.64. The van der Waals surface area contributed by atoms with E-state index in [1.165, 1.54) is 0 Å². The maximum atomic E-state index is 12.1. The number of hydrogen-bond donors (Lipinski definition) is 3. The van der Waals surface area contributed by atoms with E-state index < -0.39 is 0 Å². The minimum Gasteiger partial charge on any atom is -0.326 e. The fraction of sp³-hybridized carbons (Fsp3) is 0.176. The van der Waals surface area contributed by atoms with Crippen LogP contribution in [-0.4, -0.2) is 11.9 Å². The molecule has 0 atom stereocenters. The van der Waals surface area contributed by atoms with Crippen molar-refractivity contribution in [2.45, 2.75) is 20.3 Å². The summed E-state index contributed by atoms with van der Waals surface area (Å²) in [7, 11) is 0. The van der Waals surface area contributed by atoms with Crippen LogP contribution in [0.15, 0.2) is 42.5 Å². The summed E-state index contributed by atoms with van der Waals surface area (Å²) in [5, 5.41) is 8.82. The quantitative estimate of drug-likeness (QED) is 0.763.